The number of alkyl halides is 3. The smallest absolute Gasteiger partial charge is 0.475 e. The summed E-state index contributed by atoms with van der Waals surface area (Å²) >= 11 is 0. The minimum atomic E-state index is -5.08. The number of aliphatic carboxylic acids is 1. The molecule has 2 N–H and O–H groups in total. The summed E-state index contributed by atoms with van der Waals surface area (Å²) in [4.78, 5) is 24.9. The van der Waals surface area contributed by atoms with Crippen LogP contribution in [0.25, 0.3) is 11.3 Å². The van der Waals surface area contributed by atoms with Gasteiger partial charge in [0.1, 0.15) is 12.4 Å². The number of rotatable bonds is 4. The van der Waals surface area contributed by atoms with E-state index in [1.165, 1.54) is 0 Å². The van der Waals surface area contributed by atoms with Crippen LogP contribution in [-0.2, 0) is 23.2 Å². The Labute approximate surface area is 162 Å². The standard InChI is InChI=1S/C15H16N6O.C2HF3O2/c1-11-9-14(20(2)18-11)17-15(22)10-21-8-5-13(19-21)12-3-6-16-7-4-12;3-2(4,5)1(6)7/h3-9H,10H2,1-2H3,(H,17,22);(H,6,7). The highest BCUT2D eigenvalue weighted by atomic mass is 19.4. The van der Waals surface area contributed by atoms with Crippen molar-refractivity contribution >= 4 is 17.7 Å². The fraction of sp³-hybridized carbons (Fsp3) is 0.235. The summed E-state index contributed by atoms with van der Waals surface area (Å²) in [5.41, 5.74) is 2.64. The number of aryl methyl sites for hydroxylation is 2. The molecule has 0 fully saturated rings. The van der Waals surface area contributed by atoms with Crippen LogP contribution < -0.4 is 5.32 Å². The zero-order valence-electron chi connectivity index (χ0n) is 15.4. The van der Waals surface area contributed by atoms with Gasteiger partial charge in [0.05, 0.1) is 11.4 Å². The summed E-state index contributed by atoms with van der Waals surface area (Å²) in [6, 6.07) is 7.45. The van der Waals surface area contributed by atoms with Crippen LogP contribution in [0.2, 0.25) is 0 Å². The number of nitrogens with zero attached hydrogens (tertiary/aromatic N) is 5. The van der Waals surface area contributed by atoms with E-state index >= 15 is 0 Å². The Balaban J connectivity index is 0.000000370. The van der Waals surface area contributed by atoms with E-state index in [1.54, 1.807) is 35.0 Å². The molecule has 0 spiro atoms. The lowest BCUT2D eigenvalue weighted by Gasteiger charge is -2.05. The molecule has 3 aromatic rings. The normalized spacial score (nSPS) is 10.8. The Morgan fingerprint density at radius 1 is 1.17 bits per heavy atom. The summed E-state index contributed by atoms with van der Waals surface area (Å²) in [6.45, 7) is 2.03. The molecule has 3 aromatic heterocycles. The lowest BCUT2D eigenvalue weighted by atomic mass is 10.2. The molecule has 0 atom stereocenters. The van der Waals surface area contributed by atoms with Gasteiger partial charge in [0.2, 0.25) is 5.91 Å². The van der Waals surface area contributed by atoms with Crippen LogP contribution in [0.4, 0.5) is 19.0 Å². The van der Waals surface area contributed by atoms with Crippen molar-refractivity contribution in [1.82, 2.24) is 24.5 Å². The molecular weight excluding hydrogens is 393 g/mol. The first kappa shape index (κ1) is 21.6. The largest absolute Gasteiger partial charge is 0.490 e. The number of carbonyl (C=O) groups excluding carboxylic acids is 1. The van der Waals surface area contributed by atoms with Crippen LogP contribution in [0.3, 0.4) is 0 Å². The summed E-state index contributed by atoms with van der Waals surface area (Å²) in [7, 11) is 1.79. The molecule has 154 valence electrons. The van der Waals surface area contributed by atoms with Gasteiger partial charge in [-0.15, -0.1) is 0 Å². The van der Waals surface area contributed by atoms with E-state index in [1.807, 2.05) is 31.2 Å². The molecule has 0 aromatic carbocycles. The lowest BCUT2D eigenvalue weighted by molar-refractivity contribution is -0.192. The van der Waals surface area contributed by atoms with Gasteiger partial charge in [-0.25, -0.2) is 4.79 Å². The Morgan fingerprint density at radius 2 is 1.79 bits per heavy atom. The van der Waals surface area contributed by atoms with E-state index < -0.39 is 12.1 Å². The molecule has 0 saturated heterocycles. The number of aromatic nitrogens is 5. The Bertz CT molecular complexity index is 982. The summed E-state index contributed by atoms with van der Waals surface area (Å²) in [5, 5.41) is 18.5. The van der Waals surface area contributed by atoms with Gasteiger partial charge in [0, 0.05) is 37.3 Å². The Kier molecular flexibility index (Phi) is 6.70. The maximum Gasteiger partial charge on any atom is 0.490 e. The van der Waals surface area contributed by atoms with E-state index in [-0.39, 0.29) is 12.5 Å². The van der Waals surface area contributed by atoms with Crippen LogP contribution >= 0.6 is 0 Å². The maximum atomic E-state index is 12.1. The molecule has 12 heteroatoms. The first-order valence-electron chi connectivity index (χ1n) is 8.10. The number of anilines is 1. The van der Waals surface area contributed by atoms with Crippen molar-refractivity contribution in [2.75, 3.05) is 5.32 Å². The molecule has 0 unspecified atom stereocenters. The van der Waals surface area contributed by atoms with E-state index in [9.17, 15) is 18.0 Å². The van der Waals surface area contributed by atoms with Gasteiger partial charge in [-0.2, -0.15) is 23.4 Å². The number of carbonyl (C=O) groups is 2. The molecule has 3 heterocycles. The number of amides is 1. The molecule has 9 nitrogen and oxygen atoms in total. The lowest BCUT2D eigenvalue weighted by Crippen LogP contribution is -2.21. The molecule has 0 saturated carbocycles. The van der Waals surface area contributed by atoms with Gasteiger partial charge in [-0.3, -0.25) is 19.1 Å². The second kappa shape index (κ2) is 8.99. The van der Waals surface area contributed by atoms with Gasteiger partial charge in [0.15, 0.2) is 0 Å². The second-order valence-corrected chi connectivity index (χ2v) is 5.78. The van der Waals surface area contributed by atoms with E-state index in [0.717, 1.165) is 17.0 Å². The summed E-state index contributed by atoms with van der Waals surface area (Å²) < 4.78 is 35.0. The molecule has 3 rings (SSSR count). The average Bonchev–Trinajstić information content (AvgIpc) is 3.21. The predicted molar refractivity (Wildman–Crippen MR) is 95.7 cm³/mol. The van der Waals surface area contributed by atoms with Crippen molar-refractivity contribution in [3.05, 3.63) is 48.5 Å². The highest BCUT2D eigenvalue weighted by Crippen LogP contribution is 2.15. The van der Waals surface area contributed by atoms with Crippen LogP contribution in [-0.4, -0.2) is 47.7 Å². The average molecular weight is 410 g/mol. The number of nitrogens with one attached hydrogen (secondary N) is 1. The number of carboxylic acids is 1. The Morgan fingerprint density at radius 3 is 2.31 bits per heavy atom. The Hall–Kier alpha value is -3.70. The number of carboxylic acid groups (broad SMARTS) is 1. The van der Waals surface area contributed by atoms with Crippen molar-refractivity contribution in [2.45, 2.75) is 19.6 Å². The minimum absolute atomic E-state index is 0.146. The van der Waals surface area contributed by atoms with E-state index in [2.05, 4.69) is 20.5 Å². The van der Waals surface area contributed by atoms with Crippen molar-refractivity contribution < 1.29 is 27.9 Å². The monoisotopic (exact) mass is 410 g/mol. The zero-order chi connectivity index (χ0) is 21.6. The molecule has 1 amide bonds. The number of hydrogen-bond donors (Lipinski definition) is 2. The van der Waals surface area contributed by atoms with E-state index in [4.69, 9.17) is 9.90 Å². The molecule has 29 heavy (non-hydrogen) atoms. The van der Waals surface area contributed by atoms with Crippen molar-refractivity contribution in [1.29, 1.82) is 0 Å². The highest BCUT2D eigenvalue weighted by Gasteiger charge is 2.38. The minimum Gasteiger partial charge on any atom is -0.475 e. The van der Waals surface area contributed by atoms with Crippen molar-refractivity contribution in [3.8, 4) is 11.3 Å². The molecule has 0 aliphatic heterocycles. The fourth-order valence-electron chi connectivity index (χ4n) is 2.18. The summed E-state index contributed by atoms with van der Waals surface area (Å²) in [5.74, 6) is -2.23. The van der Waals surface area contributed by atoms with Crippen LogP contribution in [0.15, 0.2) is 42.9 Å². The molecule has 0 aliphatic carbocycles. The SMILES string of the molecule is Cc1cc(NC(=O)Cn2ccc(-c3ccncc3)n2)n(C)n1.O=C(O)C(F)(F)F. The van der Waals surface area contributed by atoms with Gasteiger partial charge >= 0.3 is 12.1 Å². The third-order valence-corrected chi connectivity index (χ3v) is 3.43. The molecule has 0 bridgehead atoms. The van der Waals surface area contributed by atoms with Gasteiger partial charge in [-0.05, 0) is 25.1 Å². The molecule has 0 radical (unpaired) electrons. The first-order valence-corrected chi connectivity index (χ1v) is 8.10. The maximum absolute atomic E-state index is 12.1. The number of hydrogen-bond acceptors (Lipinski definition) is 5. The van der Waals surface area contributed by atoms with Crippen molar-refractivity contribution in [2.24, 2.45) is 7.05 Å². The third-order valence-electron chi connectivity index (χ3n) is 3.43. The van der Waals surface area contributed by atoms with Crippen molar-refractivity contribution in [3.63, 3.8) is 0 Å². The number of pyridine rings is 1. The second-order valence-electron chi connectivity index (χ2n) is 5.78. The van der Waals surface area contributed by atoms with Crippen LogP contribution in [0, 0.1) is 6.92 Å². The first-order chi connectivity index (χ1) is 13.6. The zero-order valence-corrected chi connectivity index (χ0v) is 15.4. The molecular formula is C17H17F3N6O3. The topological polar surface area (TPSA) is 115 Å². The molecule has 0 aliphatic rings. The summed E-state index contributed by atoms with van der Waals surface area (Å²) in [6.07, 6.45) is 0.126. The fourth-order valence-corrected chi connectivity index (χ4v) is 2.18. The van der Waals surface area contributed by atoms with Crippen LogP contribution in [0.5, 0.6) is 0 Å². The third kappa shape index (κ3) is 6.45. The number of halogens is 3. The van der Waals surface area contributed by atoms with Gasteiger partial charge in [0.25, 0.3) is 0 Å². The van der Waals surface area contributed by atoms with Gasteiger partial charge < -0.3 is 10.4 Å². The predicted octanol–water partition coefficient (Wildman–Crippen LogP) is 2.26. The highest BCUT2D eigenvalue weighted by molar-refractivity contribution is 5.89. The van der Waals surface area contributed by atoms with Gasteiger partial charge in [-0.1, -0.05) is 0 Å². The quantitative estimate of drug-likeness (QED) is 0.682. The van der Waals surface area contributed by atoms with E-state index in [0.29, 0.717) is 5.82 Å². The van der Waals surface area contributed by atoms with Crippen LogP contribution in [0.1, 0.15) is 5.69 Å².